The predicted octanol–water partition coefficient (Wildman–Crippen LogP) is 3.02. The Morgan fingerprint density at radius 1 is 0.832 bits per heavy atom. The van der Waals surface area contributed by atoms with E-state index in [9.17, 15) is 68.1 Å². The van der Waals surface area contributed by atoms with Gasteiger partial charge in [-0.1, -0.05) is 146 Å². The van der Waals surface area contributed by atoms with Crippen LogP contribution in [-0.4, -0.2) is 269 Å². The van der Waals surface area contributed by atoms with Gasteiger partial charge in [-0.15, -0.1) is 0 Å². The molecule has 18 atom stereocenters. The van der Waals surface area contributed by atoms with Crippen molar-refractivity contribution in [3.63, 3.8) is 0 Å². The number of amides is 12. The molecule has 0 spiro atoms. The van der Waals surface area contributed by atoms with Gasteiger partial charge in [0.05, 0.1) is 43.5 Å². The van der Waals surface area contributed by atoms with Crippen LogP contribution in [0.25, 0.3) is 10.9 Å². The highest BCUT2D eigenvalue weighted by Crippen LogP contribution is 2.50. The summed E-state index contributed by atoms with van der Waals surface area (Å²) in [5, 5.41) is 57.9. The Kier molecular flexibility index (Phi) is 38.8. The average Bonchev–Trinajstić information content (AvgIpc) is 1.57. The fourth-order valence-corrected chi connectivity index (χ4v) is 20.2. The Labute approximate surface area is 779 Å². The van der Waals surface area contributed by atoms with Crippen molar-refractivity contribution >= 4 is 154 Å². The quantitative estimate of drug-likeness (QED) is 0.0131. The smallest absolute Gasteiger partial charge is 0.409 e. The Balaban J connectivity index is 0.884. The van der Waals surface area contributed by atoms with Crippen molar-refractivity contribution in [2.24, 2.45) is 29.0 Å². The minimum absolute atomic E-state index is 0.0492. The van der Waals surface area contributed by atoms with Crippen molar-refractivity contribution in [3.8, 4) is 11.5 Å². The van der Waals surface area contributed by atoms with E-state index in [0.717, 1.165) is 60.6 Å². The van der Waals surface area contributed by atoms with Crippen LogP contribution in [0.2, 0.25) is 5.02 Å². The lowest BCUT2D eigenvalue weighted by Crippen LogP contribution is -2.63. The number of epoxide rings is 1. The summed E-state index contributed by atoms with van der Waals surface area (Å²) in [6, 6.07) is 11.9. The van der Waals surface area contributed by atoms with Gasteiger partial charge in [-0.25, -0.2) is 9.59 Å². The van der Waals surface area contributed by atoms with Crippen LogP contribution in [0.4, 0.5) is 10.5 Å². The topological polar surface area (TPSA) is 558 Å². The molecular formula is C89H118ClN15O22S4. The number of rotatable bonds is 31. The lowest BCUT2D eigenvalue weighted by Gasteiger charge is -2.42. The van der Waals surface area contributed by atoms with E-state index in [-0.39, 0.29) is 91.0 Å². The highest BCUT2D eigenvalue weighted by atomic mass is 35.5. The summed E-state index contributed by atoms with van der Waals surface area (Å²) in [4.78, 5) is 206. The molecule has 9 rings (SSSR count). The number of anilines is 1. The predicted molar refractivity (Wildman–Crippen MR) is 496 cm³/mol. The van der Waals surface area contributed by atoms with Crippen molar-refractivity contribution < 1.29 is 106 Å². The number of nitrogens with one attached hydrogen (secondary N) is 10. The number of phenolic OH excluding ortho intramolecular Hbond substituents is 1. The molecule has 12 amide bonds. The second kappa shape index (κ2) is 48.8. The van der Waals surface area contributed by atoms with Crippen LogP contribution in [0.5, 0.6) is 11.5 Å². The summed E-state index contributed by atoms with van der Waals surface area (Å²) < 4.78 is 29.6. The number of carbonyl (C=O) groups excluding carboxylic acids is 14. The van der Waals surface area contributed by atoms with Crippen molar-refractivity contribution in [1.29, 1.82) is 0 Å². The first-order chi connectivity index (χ1) is 62.2. The first-order valence-corrected chi connectivity index (χ1v) is 48.1. The van der Waals surface area contributed by atoms with E-state index in [4.69, 9.17) is 52.5 Å². The summed E-state index contributed by atoms with van der Waals surface area (Å²) in [6.45, 7) is 8.45. The first-order valence-electron chi connectivity index (χ1n) is 42.8. The third kappa shape index (κ3) is 29.3. The molecule has 131 heavy (non-hydrogen) atoms. The van der Waals surface area contributed by atoms with Crippen LogP contribution in [0.3, 0.4) is 0 Å². The fourth-order valence-electron chi connectivity index (χ4n) is 15.4. The van der Waals surface area contributed by atoms with Gasteiger partial charge in [0.1, 0.15) is 82.7 Å². The third-order valence-corrected chi connectivity index (χ3v) is 28.4. The van der Waals surface area contributed by atoms with Crippen molar-refractivity contribution in [2.45, 2.75) is 208 Å². The van der Waals surface area contributed by atoms with E-state index in [1.165, 1.54) is 59.2 Å². The Bertz CT molecular complexity index is 4980. The minimum Gasteiger partial charge on any atom is -0.508 e. The molecule has 4 aliphatic rings. The number of hydrogen-bond acceptors (Lipinski definition) is 28. The maximum atomic E-state index is 15.1. The van der Waals surface area contributed by atoms with Gasteiger partial charge in [-0.3, -0.25) is 62.9 Å². The number of aromatic nitrogens is 1. The number of halogens is 1. The van der Waals surface area contributed by atoms with Gasteiger partial charge < -0.3 is 114 Å². The summed E-state index contributed by atoms with van der Waals surface area (Å²) >= 11 is 6.89. The maximum Gasteiger partial charge on any atom is 0.409 e. The maximum absolute atomic E-state index is 15.1. The number of aromatic amines is 1. The molecule has 4 bridgehead atoms. The number of allylic oxidation sites excluding steroid dienone is 3. The second-order valence-electron chi connectivity index (χ2n) is 33.1. The third-order valence-electron chi connectivity index (χ3n) is 23.2. The van der Waals surface area contributed by atoms with E-state index in [0.29, 0.717) is 46.0 Å². The number of nitrogens with zero attached hydrogens (tertiary/aromatic N) is 2. The number of unbranched alkanes of at least 4 members (excludes halogenated alkanes) is 1. The summed E-state index contributed by atoms with van der Waals surface area (Å²) in [5.74, 6) is -13.6. The van der Waals surface area contributed by atoms with Gasteiger partial charge in [0.25, 0.3) is 0 Å². The highest BCUT2D eigenvalue weighted by Gasteiger charge is 2.65. The Morgan fingerprint density at radius 2 is 1.53 bits per heavy atom. The number of esters is 1. The Hall–Kier alpha value is -10.5. The number of alkyl carbamates (subject to hydrolysis) is 1. The zero-order valence-corrected chi connectivity index (χ0v) is 78.5. The number of nitrogens with two attached hydrogens (primary N) is 3. The van der Waals surface area contributed by atoms with Gasteiger partial charge in [-0.05, 0) is 125 Å². The number of primary amides is 1. The van der Waals surface area contributed by atoms with Gasteiger partial charge in [-0.2, -0.15) is 0 Å². The van der Waals surface area contributed by atoms with Crippen molar-refractivity contribution in [2.75, 3.05) is 69.3 Å². The zero-order chi connectivity index (χ0) is 95.7. The number of H-pyrrole nitrogens is 1. The average molecular weight is 1910 g/mol. The molecule has 5 aromatic rings. The number of likely N-dealkylation sites (N-methyl/N-ethyl adjacent to an activating group) is 1. The SMILES string of the molecule is COc1cc2cc(c1Cl)N(C)C(=O)C[C@H](OC(=O)[C@H](C)N(C)C(=O)CCSSC[C@H](NC(C)=O)C(=O)NC[C@H](NC(=O)[C@@H]1CSSC[C@H](NC(=O)[C@H](N)Cc3ccccc3)C(=O)C[C@@H](Cc3ccc(O)cc3)C(=O)N[C@H](Cc3c[nH]c4ccccc34)C(=O)N[C@@H](CCCCN)C(=O)N[C@@H]([C@@H](C)O)C(=O)N1)C(N)=O)[C@]1(C)O[C@H]1[C@H](C)[C@@H]1C[C@@](O)(NC(=O)O1)[C@H](OC)/C=C/C=C(\C)C2. The zero-order valence-electron chi connectivity index (χ0n) is 74.5. The lowest BCUT2D eigenvalue weighted by atomic mass is 9.83. The number of fused-ring (bicyclic) bond motifs is 6. The molecule has 4 aliphatic heterocycles. The van der Waals surface area contributed by atoms with E-state index >= 15 is 14.4 Å². The summed E-state index contributed by atoms with van der Waals surface area (Å²) in [5.41, 5.74) is 19.2. The number of aliphatic hydroxyl groups excluding tert-OH is 1. The molecule has 0 unspecified atom stereocenters. The van der Waals surface area contributed by atoms with E-state index in [2.05, 4.69) is 52.8 Å². The van der Waals surface area contributed by atoms with Gasteiger partial charge in [0, 0.05) is 112 Å². The van der Waals surface area contributed by atoms with E-state index < -0.39 is 216 Å². The number of benzene rings is 4. The molecule has 0 saturated carbocycles. The van der Waals surface area contributed by atoms with Crippen LogP contribution >= 0.6 is 54.8 Å². The van der Waals surface area contributed by atoms with E-state index in [1.54, 1.807) is 111 Å². The number of carbonyl (C=O) groups is 14. The number of ketones is 1. The van der Waals surface area contributed by atoms with Gasteiger partial charge in [0.15, 0.2) is 11.5 Å². The summed E-state index contributed by atoms with van der Waals surface area (Å²) in [6.07, 6.45) is -0.849. The molecular weight excluding hydrogens is 1790 g/mol. The van der Waals surface area contributed by atoms with Crippen LogP contribution in [0, 0.1) is 11.8 Å². The molecule has 4 aromatic carbocycles. The normalized spacial score (nSPS) is 25.7. The fraction of sp³-hybridized carbons (Fsp3) is 0.506. The lowest BCUT2D eigenvalue weighted by molar-refractivity contribution is -0.162. The van der Waals surface area contributed by atoms with Gasteiger partial charge >= 0.3 is 12.1 Å². The molecule has 3 saturated heterocycles. The van der Waals surface area contributed by atoms with Crippen LogP contribution in [0.15, 0.2) is 121 Å². The van der Waals surface area contributed by atoms with Gasteiger partial charge in [0.2, 0.25) is 65.0 Å². The standard InChI is InChI=1S/C89H118ClN15O22S4/c1-47-19-18-25-71(124-10)89(122)41-70(125-87(121)103-89)48(2)77-88(6,127-77)72(40-74(111)105(8)67-36-54(33-47)37-69(123-9)75(67)90)126-86(120)49(3)104(7)73(110)30-32-128-129-45-65(96-51(5)107)81(115)95-43-63(78(93)112)99-84(118)66-46-131-130-44-64(100-80(114)59(92)35-52-20-12-11-13-21-52)68(109)39-55(34-53-26-28-57(108)29-27-53)79(113)98-62(38-56-42-94-60-23-15-14-22-58(56)60)83(117)97-61(24-16-17-31-91)82(116)102-76(50(4)106)85(119)101-66/h11-15,18-23,25-29,36-37,42,48-50,55,59,61-66,70-72,76-77,94,106,108,122H,16-17,24,30-35,38-41,43-46,91-92H2,1-10H3,(H2,93,112)(H,95,115)(H,96,107)(H,97,117)(H,98,113)(H,99,118)(H,100,114)(H,101,119)(H,102,116)(H,103,121)/b25-18+,47-19+/t48-,49+,50-,55-,59-,61+,62-,63+,64+,65+,66+,70+,71-,72+,76+,77+,88+,89+/m1/s1. The molecule has 42 heteroatoms. The Morgan fingerprint density at radius 3 is 2.21 bits per heavy atom. The number of hydrogen-bond donors (Lipinski definition) is 16. The largest absolute Gasteiger partial charge is 0.508 e. The van der Waals surface area contributed by atoms with Crippen molar-refractivity contribution in [3.05, 3.63) is 148 Å². The molecule has 1 aromatic heterocycles. The molecule has 3 fully saturated rings. The molecule has 5 heterocycles. The monoisotopic (exact) mass is 1910 g/mol. The molecule has 37 nitrogen and oxygen atoms in total. The number of Topliss-reactive ketones (excluding diaryl/α,β-unsaturated/α-hetero) is 1. The number of phenols is 1. The van der Waals surface area contributed by atoms with Crippen LogP contribution in [-0.2, 0) is 107 Å². The number of para-hydroxylation sites is 1. The number of aliphatic hydroxyl groups is 2. The van der Waals surface area contributed by atoms with Crippen LogP contribution in [0.1, 0.15) is 109 Å². The number of methoxy groups -OCH3 is 2. The second-order valence-corrected chi connectivity index (χ2v) is 38.7. The van der Waals surface area contributed by atoms with Crippen molar-refractivity contribution in [1.82, 2.24) is 57.7 Å². The first kappa shape index (κ1) is 104. The molecule has 0 radical (unpaired) electrons. The molecule has 0 aliphatic carbocycles. The minimum atomic E-state index is -1.96. The molecule has 712 valence electrons. The number of ether oxygens (including phenoxy) is 5. The van der Waals surface area contributed by atoms with E-state index in [1.807, 2.05) is 13.0 Å². The van der Waals surface area contributed by atoms with Crippen LogP contribution < -0.4 is 74.7 Å². The molecule has 19 N–H and O–H groups in total. The summed E-state index contributed by atoms with van der Waals surface area (Å²) in [7, 11) is 9.71. The highest BCUT2D eigenvalue weighted by molar-refractivity contribution is 8.77. The number of aromatic hydroxyl groups is 1.